The zero-order chi connectivity index (χ0) is 16.3. The summed E-state index contributed by atoms with van der Waals surface area (Å²) in [5.74, 6) is -1.10. The summed E-state index contributed by atoms with van der Waals surface area (Å²) in [5.41, 5.74) is 0.629. The van der Waals surface area contributed by atoms with Gasteiger partial charge in [0, 0.05) is 17.2 Å². The van der Waals surface area contributed by atoms with E-state index in [0.717, 1.165) is 12.1 Å². The minimum Gasteiger partial charge on any atom is -0.496 e. The predicted octanol–water partition coefficient (Wildman–Crippen LogP) is 4.23. The van der Waals surface area contributed by atoms with E-state index < -0.39 is 17.7 Å². The molecule has 2 rings (SSSR count). The highest BCUT2D eigenvalue weighted by molar-refractivity contribution is 9.10. The van der Waals surface area contributed by atoms with Crippen LogP contribution >= 0.6 is 15.9 Å². The second kappa shape index (κ2) is 6.87. The number of benzene rings is 2. The van der Waals surface area contributed by atoms with Crippen molar-refractivity contribution in [2.75, 3.05) is 7.11 Å². The van der Waals surface area contributed by atoms with Gasteiger partial charge in [-0.05, 0) is 47.1 Å². The maximum atomic E-state index is 13.7. The average Bonchev–Trinajstić information content (AvgIpc) is 2.46. The number of ether oxygens (including phenoxy) is 1. The Morgan fingerprint density at radius 2 is 1.95 bits per heavy atom. The van der Waals surface area contributed by atoms with Crippen molar-refractivity contribution in [3.05, 3.63) is 63.6 Å². The van der Waals surface area contributed by atoms with Crippen LogP contribution in [-0.4, -0.2) is 13.0 Å². The monoisotopic (exact) mass is 369 g/mol. The van der Waals surface area contributed by atoms with E-state index in [-0.39, 0.29) is 11.5 Å². The smallest absolute Gasteiger partial charge is 0.251 e. The summed E-state index contributed by atoms with van der Waals surface area (Å²) in [7, 11) is 1.53. The van der Waals surface area contributed by atoms with Gasteiger partial charge in [-0.2, -0.15) is 0 Å². The van der Waals surface area contributed by atoms with Crippen LogP contribution in [0.1, 0.15) is 28.9 Å². The van der Waals surface area contributed by atoms with Gasteiger partial charge in [0.25, 0.3) is 5.91 Å². The number of methoxy groups -OCH3 is 1. The van der Waals surface area contributed by atoms with Crippen LogP contribution in [0.15, 0.2) is 40.9 Å². The Kier molecular flexibility index (Phi) is 5.13. The Morgan fingerprint density at radius 1 is 1.23 bits per heavy atom. The third-order valence-electron chi connectivity index (χ3n) is 3.19. The average molecular weight is 370 g/mol. The zero-order valence-electron chi connectivity index (χ0n) is 12.0. The molecule has 1 N–H and O–H groups in total. The molecule has 0 spiro atoms. The van der Waals surface area contributed by atoms with Crippen molar-refractivity contribution in [2.45, 2.75) is 13.0 Å². The van der Waals surface area contributed by atoms with E-state index in [9.17, 15) is 13.6 Å². The summed E-state index contributed by atoms with van der Waals surface area (Å²) in [4.78, 5) is 12.2. The van der Waals surface area contributed by atoms with Crippen molar-refractivity contribution >= 4 is 21.8 Å². The van der Waals surface area contributed by atoms with Gasteiger partial charge in [0.2, 0.25) is 0 Å². The van der Waals surface area contributed by atoms with Gasteiger partial charge in [0.05, 0.1) is 17.6 Å². The largest absolute Gasteiger partial charge is 0.496 e. The van der Waals surface area contributed by atoms with Crippen molar-refractivity contribution in [1.29, 1.82) is 0 Å². The van der Waals surface area contributed by atoms with Gasteiger partial charge in [-0.1, -0.05) is 6.07 Å². The van der Waals surface area contributed by atoms with E-state index in [1.807, 2.05) is 0 Å². The molecule has 0 fully saturated rings. The van der Waals surface area contributed by atoms with E-state index >= 15 is 0 Å². The van der Waals surface area contributed by atoms with Crippen molar-refractivity contribution in [3.8, 4) is 5.75 Å². The Hall–Kier alpha value is -1.95. The minimum absolute atomic E-state index is 0.224. The Balaban J connectivity index is 2.15. The molecule has 0 unspecified atom stereocenters. The molecule has 0 saturated carbocycles. The van der Waals surface area contributed by atoms with Gasteiger partial charge in [0.1, 0.15) is 17.4 Å². The summed E-state index contributed by atoms with van der Waals surface area (Å²) >= 11 is 3.30. The molecule has 0 aromatic heterocycles. The molecule has 0 heterocycles. The molecular weight excluding hydrogens is 356 g/mol. The van der Waals surface area contributed by atoms with Crippen LogP contribution in [0.5, 0.6) is 5.75 Å². The maximum Gasteiger partial charge on any atom is 0.251 e. The summed E-state index contributed by atoms with van der Waals surface area (Å²) in [6.07, 6.45) is 0. The Labute approximate surface area is 135 Å². The van der Waals surface area contributed by atoms with Crippen molar-refractivity contribution in [1.82, 2.24) is 5.32 Å². The number of hydrogen-bond acceptors (Lipinski definition) is 2. The Bertz CT molecular complexity index is 707. The highest BCUT2D eigenvalue weighted by atomic mass is 79.9. The quantitative estimate of drug-likeness (QED) is 0.875. The topological polar surface area (TPSA) is 38.3 Å². The number of hydrogen-bond donors (Lipinski definition) is 1. The van der Waals surface area contributed by atoms with E-state index in [0.29, 0.717) is 15.8 Å². The van der Waals surface area contributed by atoms with Crippen molar-refractivity contribution in [3.63, 3.8) is 0 Å². The third-order valence-corrected chi connectivity index (χ3v) is 3.81. The fraction of sp³-hybridized carbons (Fsp3) is 0.188. The van der Waals surface area contributed by atoms with Gasteiger partial charge >= 0.3 is 0 Å². The molecule has 3 nitrogen and oxygen atoms in total. The third kappa shape index (κ3) is 3.62. The standard InChI is InChI=1S/C16H14BrF2NO2/c1-9(12-5-4-11(18)8-14(12)19)20-16(21)10-3-6-15(22-2)13(17)7-10/h3-9H,1-2H3,(H,20,21)/t9-/m0/s1. The van der Waals surface area contributed by atoms with E-state index in [1.165, 1.54) is 13.2 Å². The Morgan fingerprint density at radius 3 is 2.55 bits per heavy atom. The lowest BCUT2D eigenvalue weighted by molar-refractivity contribution is 0.0939. The maximum absolute atomic E-state index is 13.7. The first-order valence-electron chi connectivity index (χ1n) is 6.51. The minimum atomic E-state index is -0.691. The molecule has 0 aliphatic rings. The molecule has 2 aromatic carbocycles. The van der Waals surface area contributed by atoms with E-state index in [2.05, 4.69) is 21.2 Å². The van der Waals surface area contributed by atoms with Gasteiger partial charge in [-0.3, -0.25) is 4.79 Å². The number of carbonyl (C=O) groups is 1. The summed E-state index contributed by atoms with van der Waals surface area (Å²) in [5, 5.41) is 2.67. The first-order valence-corrected chi connectivity index (χ1v) is 7.31. The number of rotatable bonds is 4. The molecule has 1 amide bonds. The van der Waals surface area contributed by atoms with Crippen LogP contribution in [0, 0.1) is 11.6 Å². The molecule has 0 bridgehead atoms. The predicted molar refractivity (Wildman–Crippen MR) is 82.9 cm³/mol. The fourth-order valence-corrected chi connectivity index (χ4v) is 2.56. The first-order chi connectivity index (χ1) is 10.4. The number of carbonyl (C=O) groups excluding carboxylic acids is 1. The summed E-state index contributed by atoms with van der Waals surface area (Å²) < 4.78 is 32.3. The van der Waals surface area contributed by atoms with Crippen LogP contribution in [0.3, 0.4) is 0 Å². The molecule has 22 heavy (non-hydrogen) atoms. The molecule has 2 aromatic rings. The van der Waals surface area contributed by atoms with Gasteiger partial charge < -0.3 is 10.1 Å². The SMILES string of the molecule is COc1ccc(C(=O)N[C@@H](C)c2ccc(F)cc2F)cc1Br. The molecule has 1 atom stereocenters. The van der Waals surface area contributed by atoms with Gasteiger partial charge in [-0.25, -0.2) is 8.78 Å². The summed E-state index contributed by atoms with van der Waals surface area (Å²) in [6.45, 7) is 1.63. The number of nitrogens with one attached hydrogen (secondary N) is 1. The number of halogens is 3. The van der Waals surface area contributed by atoms with Gasteiger partial charge in [0.15, 0.2) is 0 Å². The highest BCUT2D eigenvalue weighted by Gasteiger charge is 2.16. The fourth-order valence-electron chi connectivity index (χ4n) is 2.02. The molecule has 0 saturated heterocycles. The second-order valence-corrected chi connectivity index (χ2v) is 5.56. The lowest BCUT2D eigenvalue weighted by atomic mass is 10.1. The normalized spacial score (nSPS) is 11.9. The zero-order valence-corrected chi connectivity index (χ0v) is 13.6. The molecule has 0 radical (unpaired) electrons. The lowest BCUT2D eigenvalue weighted by Crippen LogP contribution is -2.27. The molecular formula is C16H14BrF2NO2. The van der Waals surface area contributed by atoms with E-state index in [1.54, 1.807) is 25.1 Å². The van der Waals surface area contributed by atoms with Crippen LogP contribution < -0.4 is 10.1 Å². The van der Waals surface area contributed by atoms with Crippen molar-refractivity contribution < 1.29 is 18.3 Å². The molecule has 0 aliphatic heterocycles. The van der Waals surface area contributed by atoms with Crippen LogP contribution in [-0.2, 0) is 0 Å². The van der Waals surface area contributed by atoms with Crippen LogP contribution in [0.2, 0.25) is 0 Å². The molecule has 6 heteroatoms. The second-order valence-electron chi connectivity index (χ2n) is 4.71. The van der Waals surface area contributed by atoms with Gasteiger partial charge in [-0.15, -0.1) is 0 Å². The summed E-state index contributed by atoms with van der Waals surface area (Å²) in [6, 6.07) is 7.55. The van der Waals surface area contributed by atoms with Crippen LogP contribution in [0.4, 0.5) is 8.78 Å². The molecule has 116 valence electrons. The highest BCUT2D eigenvalue weighted by Crippen LogP contribution is 2.26. The molecule has 0 aliphatic carbocycles. The lowest BCUT2D eigenvalue weighted by Gasteiger charge is -2.15. The number of amides is 1. The first kappa shape index (κ1) is 16.4. The van der Waals surface area contributed by atoms with Crippen LogP contribution in [0.25, 0.3) is 0 Å². The van der Waals surface area contributed by atoms with Crippen molar-refractivity contribution in [2.24, 2.45) is 0 Å². The van der Waals surface area contributed by atoms with E-state index in [4.69, 9.17) is 4.74 Å².